The van der Waals surface area contributed by atoms with Crippen LogP contribution in [-0.4, -0.2) is 21.2 Å². The van der Waals surface area contributed by atoms with E-state index in [1.54, 1.807) is 6.07 Å². The van der Waals surface area contributed by atoms with Crippen molar-refractivity contribution in [1.82, 2.24) is 5.32 Å². The lowest BCUT2D eigenvalue weighted by Crippen LogP contribution is -2.20. The van der Waals surface area contributed by atoms with Gasteiger partial charge in [0.05, 0.1) is 11.4 Å². The Morgan fingerprint density at radius 2 is 1.94 bits per heavy atom. The van der Waals surface area contributed by atoms with Crippen molar-refractivity contribution in [2.75, 3.05) is 17.5 Å². The number of rotatable bonds is 7. The second-order valence-electron chi connectivity index (χ2n) is 4.37. The molecule has 1 aromatic carbocycles. The van der Waals surface area contributed by atoms with Crippen LogP contribution in [0.5, 0.6) is 0 Å². The zero-order valence-corrected chi connectivity index (χ0v) is 12.0. The van der Waals surface area contributed by atoms with Gasteiger partial charge < -0.3 is 5.32 Å². The lowest BCUT2D eigenvalue weighted by Gasteiger charge is -2.17. The van der Waals surface area contributed by atoms with Gasteiger partial charge >= 0.3 is 0 Å². The summed E-state index contributed by atoms with van der Waals surface area (Å²) in [4.78, 5) is 0. The summed E-state index contributed by atoms with van der Waals surface area (Å²) < 4.78 is 26.5. The zero-order chi connectivity index (χ0) is 13.6. The fourth-order valence-corrected chi connectivity index (χ4v) is 2.97. The molecular weight excluding hydrogens is 248 g/mol. The van der Waals surface area contributed by atoms with Crippen molar-refractivity contribution in [3.8, 4) is 0 Å². The summed E-state index contributed by atoms with van der Waals surface area (Å²) in [6.07, 6.45) is 1.55. The highest BCUT2D eigenvalue weighted by atomic mass is 32.2. The van der Waals surface area contributed by atoms with E-state index in [0.29, 0.717) is 12.1 Å². The first-order valence-electron chi connectivity index (χ1n) is 6.27. The molecule has 1 aromatic rings. The number of anilines is 1. The molecule has 0 heterocycles. The highest BCUT2D eigenvalue weighted by Crippen LogP contribution is 2.23. The Bertz CT molecular complexity index is 472. The van der Waals surface area contributed by atoms with Crippen LogP contribution in [0.15, 0.2) is 24.3 Å². The van der Waals surface area contributed by atoms with Gasteiger partial charge in [-0.2, -0.15) is 0 Å². The van der Waals surface area contributed by atoms with Crippen LogP contribution in [0.25, 0.3) is 0 Å². The van der Waals surface area contributed by atoms with Gasteiger partial charge in [-0.1, -0.05) is 31.5 Å². The van der Waals surface area contributed by atoms with E-state index in [-0.39, 0.29) is 11.8 Å². The van der Waals surface area contributed by atoms with Crippen molar-refractivity contribution in [3.63, 3.8) is 0 Å². The molecule has 0 fully saturated rings. The van der Waals surface area contributed by atoms with E-state index in [4.69, 9.17) is 0 Å². The minimum Gasteiger partial charge on any atom is -0.313 e. The number of unbranched alkanes of at least 4 members (excludes halogenated alkanes) is 1. The van der Waals surface area contributed by atoms with Gasteiger partial charge in [-0.3, -0.25) is 4.72 Å². The molecule has 0 aliphatic carbocycles. The van der Waals surface area contributed by atoms with Crippen molar-refractivity contribution >= 4 is 15.7 Å². The molecule has 0 saturated heterocycles. The minimum absolute atomic E-state index is 0.107. The van der Waals surface area contributed by atoms with Gasteiger partial charge in [0, 0.05) is 6.04 Å². The van der Waals surface area contributed by atoms with Crippen molar-refractivity contribution in [2.24, 2.45) is 0 Å². The Hall–Kier alpha value is -1.07. The van der Waals surface area contributed by atoms with Crippen molar-refractivity contribution < 1.29 is 8.42 Å². The van der Waals surface area contributed by atoms with Crippen LogP contribution in [-0.2, 0) is 10.0 Å². The molecule has 4 nitrogen and oxygen atoms in total. The number of hydrogen-bond donors (Lipinski definition) is 2. The predicted octanol–water partition coefficient (Wildman–Crippen LogP) is 2.51. The topological polar surface area (TPSA) is 58.2 Å². The van der Waals surface area contributed by atoms with Gasteiger partial charge in [-0.05, 0) is 32.0 Å². The first-order chi connectivity index (χ1) is 8.50. The second kappa shape index (κ2) is 6.75. The maximum absolute atomic E-state index is 11.9. The largest absolute Gasteiger partial charge is 0.313 e. The van der Waals surface area contributed by atoms with E-state index in [2.05, 4.69) is 10.0 Å². The Balaban J connectivity index is 2.90. The highest BCUT2D eigenvalue weighted by molar-refractivity contribution is 7.92. The van der Waals surface area contributed by atoms with E-state index < -0.39 is 10.0 Å². The number of benzene rings is 1. The smallest absolute Gasteiger partial charge is 0.232 e. The average Bonchev–Trinajstić information content (AvgIpc) is 2.36. The molecule has 0 saturated carbocycles. The molecule has 0 aliphatic heterocycles. The van der Waals surface area contributed by atoms with Crippen LogP contribution in [0.2, 0.25) is 0 Å². The van der Waals surface area contributed by atoms with E-state index >= 15 is 0 Å². The first kappa shape index (κ1) is 15.0. The van der Waals surface area contributed by atoms with Crippen molar-refractivity contribution in [1.29, 1.82) is 0 Å². The summed E-state index contributed by atoms with van der Waals surface area (Å²) >= 11 is 0. The molecule has 0 aliphatic rings. The van der Waals surface area contributed by atoms with Gasteiger partial charge in [0.15, 0.2) is 0 Å². The third-order valence-corrected chi connectivity index (χ3v) is 4.25. The number of sulfonamides is 1. The molecule has 18 heavy (non-hydrogen) atoms. The number of hydrogen-bond acceptors (Lipinski definition) is 3. The van der Waals surface area contributed by atoms with E-state index in [9.17, 15) is 8.42 Å². The monoisotopic (exact) mass is 270 g/mol. The van der Waals surface area contributed by atoms with Crippen LogP contribution in [0.4, 0.5) is 5.69 Å². The van der Waals surface area contributed by atoms with Gasteiger partial charge in [0.25, 0.3) is 0 Å². The van der Waals surface area contributed by atoms with Gasteiger partial charge in [-0.15, -0.1) is 0 Å². The third-order valence-electron chi connectivity index (χ3n) is 2.89. The lowest BCUT2D eigenvalue weighted by atomic mass is 10.1. The van der Waals surface area contributed by atoms with Gasteiger partial charge in [0.2, 0.25) is 10.0 Å². The summed E-state index contributed by atoms with van der Waals surface area (Å²) in [6.45, 7) is 3.98. The van der Waals surface area contributed by atoms with Gasteiger partial charge in [-0.25, -0.2) is 8.42 Å². The second-order valence-corrected chi connectivity index (χ2v) is 6.21. The van der Waals surface area contributed by atoms with Gasteiger partial charge in [0.1, 0.15) is 0 Å². The number of nitrogens with one attached hydrogen (secondary N) is 2. The van der Waals surface area contributed by atoms with Crippen molar-refractivity contribution in [2.45, 2.75) is 32.7 Å². The molecule has 0 aromatic heterocycles. The number of para-hydroxylation sites is 1. The Morgan fingerprint density at radius 1 is 1.28 bits per heavy atom. The fraction of sp³-hybridized carbons (Fsp3) is 0.538. The van der Waals surface area contributed by atoms with Crippen LogP contribution in [0.1, 0.15) is 38.3 Å². The van der Waals surface area contributed by atoms with Crippen LogP contribution in [0.3, 0.4) is 0 Å². The molecule has 0 spiro atoms. The molecular formula is C13H22N2O2S. The summed E-state index contributed by atoms with van der Waals surface area (Å²) in [5.41, 5.74) is 1.62. The Kier molecular flexibility index (Phi) is 5.62. The molecule has 0 amide bonds. The minimum atomic E-state index is -3.24. The van der Waals surface area contributed by atoms with E-state index in [1.165, 1.54) is 0 Å². The molecule has 1 rings (SSSR count). The lowest BCUT2D eigenvalue weighted by molar-refractivity contribution is 0.597. The normalized spacial score (nSPS) is 13.3. The molecule has 102 valence electrons. The predicted molar refractivity (Wildman–Crippen MR) is 76.2 cm³/mol. The van der Waals surface area contributed by atoms with E-state index in [1.807, 2.05) is 39.1 Å². The third kappa shape index (κ3) is 4.31. The molecule has 5 heteroatoms. The van der Waals surface area contributed by atoms with Crippen LogP contribution in [0, 0.1) is 0 Å². The Morgan fingerprint density at radius 3 is 2.56 bits per heavy atom. The van der Waals surface area contributed by atoms with Crippen molar-refractivity contribution in [3.05, 3.63) is 29.8 Å². The molecule has 0 bridgehead atoms. The standard InChI is InChI=1S/C13H22N2O2S/c1-4-5-10-18(16,17)15-13-9-7-6-8-12(13)11(2)14-3/h6-9,11,14-15H,4-5,10H2,1-3H3. The maximum atomic E-state index is 11.9. The Labute approximate surface area is 110 Å². The summed E-state index contributed by atoms with van der Waals surface area (Å²) in [7, 11) is -1.38. The zero-order valence-electron chi connectivity index (χ0n) is 11.2. The molecule has 1 atom stereocenters. The fourth-order valence-electron chi connectivity index (χ4n) is 1.68. The first-order valence-corrected chi connectivity index (χ1v) is 7.92. The molecule has 2 N–H and O–H groups in total. The highest BCUT2D eigenvalue weighted by Gasteiger charge is 2.14. The van der Waals surface area contributed by atoms with Crippen LogP contribution < -0.4 is 10.0 Å². The van der Waals surface area contributed by atoms with E-state index in [0.717, 1.165) is 12.0 Å². The molecule has 1 unspecified atom stereocenters. The maximum Gasteiger partial charge on any atom is 0.232 e. The molecule has 0 radical (unpaired) electrons. The quantitative estimate of drug-likeness (QED) is 0.800. The summed E-state index contributed by atoms with van der Waals surface area (Å²) in [6, 6.07) is 7.58. The van der Waals surface area contributed by atoms with Crippen LogP contribution >= 0.6 is 0 Å². The summed E-state index contributed by atoms with van der Waals surface area (Å²) in [5.74, 6) is 0.172. The average molecular weight is 270 g/mol. The SMILES string of the molecule is CCCCS(=O)(=O)Nc1ccccc1C(C)NC. The summed E-state index contributed by atoms with van der Waals surface area (Å²) in [5, 5.41) is 3.12.